The molecule has 0 radical (unpaired) electrons. The molecule has 0 saturated carbocycles. The molecule has 0 bridgehead atoms. The number of fused-ring (bicyclic) bond motifs is 1. The maximum absolute atomic E-state index is 11.5. The first-order valence-electron chi connectivity index (χ1n) is 12.1. The number of anilines is 1. The van der Waals surface area contributed by atoms with Crippen LogP contribution in [0.2, 0.25) is 0 Å². The Bertz CT molecular complexity index is 1220. The van der Waals surface area contributed by atoms with Crippen molar-refractivity contribution < 1.29 is 14.3 Å². The minimum atomic E-state index is -0.367. The second-order valence-electron chi connectivity index (χ2n) is 10.3. The molecule has 0 N–H and O–H groups in total. The quantitative estimate of drug-likeness (QED) is 0.316. The maximum atomic E-state index is 11.5. The van der Waals surface area contributed by atoms with E-state index in [-0.39, 0.29) is 16.9 Å². The van der Waals surface area contributed by atoms with E-state index in [9.17, 15) is 4.79 Å². The zero-order valence-corrected chi connectivity index (χ0v) is 21.6. The highest BCUT2D eigenvalue weighted by atomic mass is 16.5. The van der Waals surface area contributed by atoms with Gasteiger partial charge < -0.3 is 14.4 Å². The molecule has 35 heavy (non-hydrogen) atoms. The number of benzene rings is 3. The fourth-order valence-electron chi connectivity index (χ4n) is 4.97. The monoisotopic (exact) mass is 469 g/mol. The number of hydrogen-bond donors (Lipinski definition) is 0. The van der Waals surface area contributed by atoms with Crippen LogP contribution in [-0.2, 0) is 26.9 Å². The van der Waals surface area contributed by atoms with Gasteiger partial charge >= 0.3 is 5.97 Å². The summed E-state index contributed by atoms with van der Waals surface area (Å²) < 4.78 is 10.2. The Hall–Kier alpha value is -3.53. The third kappa shape index (κ3) is 4.84. The number of rotatable bonds is 5. The Morgan fingerprint density at radius 1 is 0.971 bits per heavy atom. The van der Waals surface area contributed by atoms with Crippen molar-refractivity contribution in [3.05, 3.63) is 101 Å². The molecule has 1 aliphatic rings. The van der Waals surface area contributed by atoms with E-state index in [0.717, 1.165) is 24.3 Å². The van der Waals surface area contributed by atoms with Gasteiger partial charge in [-0.3, -0.25) is 0 Å². The molecule has 4 heteroatoms. The van der Waals surface area contributed by atoms with E-state index >= 15 is 0 Å². The molecular formula is C31H35NO3. The first kappa shape index (κ1) is 24.6. The summed E-state index contributed by atoms with van der Waals surface area (Å²) in [6.45, 7) is 9.93. The predicted octanol–water partition coefficient (Wildman–Crippen LogP) is 6.51. The van der Waals surface area contributed by atoms with Crippen molar-refractivity contribution in [2.45, 2.75) is 45.1 Å². The summed E-state index contributed by atoms with van der Waals surface area (Å²) in [5.41, 5.74) is 7.01. The Morgan fingerprint density at radius 3 is 2.26 bits per heavy atom. The van der Waals surface area contributed by atoms with Crippen molar-refractivity contribution in [1.29, 1.82) is 0 Å². The summed E-state index contributed by atoms with van der Waals surface area (Å²) in [4.78, 5) is 14.0. The molecule has 1 atom stereocenters. The number of esters is 1. The van der Waals surface area contributed by atoms with E-state index in [1.54, 1.807) is 13.2 Å². The molecule has 182 valence electrons. The smallest absolute Gasteiger partial charge is 0.330 e. The third-order valence-electron chi connectivity index (χ3n) is 7.11. The lowest BCUT2D eigenvalue weighted by Gasteiger charge is -2.48. The molecule has 0 spiro atoms. The van der Waals surface area contributed by atoms with Gasteiger partial charge in [0.2, 0.25) is 0 Å². The minimum absolute atomic E-state index is 0.112. The first-order valence-corrected chi connectivity index (χ1v) is 12.1. The number of methoxy groups -OCH3 is 2. The zero-order valence-electron chi connectivity index (χ0n) is 21.6. The average Bonchev–Trinajstić information content (AvgIpc) is 2.87. The van der Waals surface area contributed by atoms with Crippen LogP contribution in [0.4, 0.5) is 5.69 Å². The lowest BCUT2D eigenvalue weighted by atomic mass is 9.76. The van der Waals surface area contributed by atoms with Crippen LogP contribution in [0.5, 0.6) is 5.75 Å². The molecular weight excluding hydrogens is 434 g/mol. The first-order chi connectivity index (χ1) is 16.7. The fourth-order valence-corrected chi connectivity index (χ4v) is 4.97. The van der Waals surface area contributed by atoms with E-state index in [0.29, 0.717) is 0 Å². The standard InChI is InChI=1S/C31H35NO3/c1-30(2,3)24-12-14-26(15-13-24)32-20-19-23-21-27(34-5)16-17-28(23)31(32,4)25-10-7-22(8-11-25)9-18-29(33)35-6/h7-18,21H,19-20H2,1-6H3. The summed E-state index contributed by atoms with van der Waals surface area (Å²) in [7, 11) is 3.10. The summed E-state index contributed by atoms with van der Waals surface area (Å²) in [6.07, 6.45) is 4.17. The third-order valence-corrected chi connectivity index (χ3v) is 7.11. The van der Waals surface area contributed by atoms with Gasteiger partial charge in [-0.15, -0.1) is 0 Å². The van der Waals surface area contributed by atoms with Gasteiger partial charge in [-0.25, -0.2) is 4.79 Å². The molecule has 1 aliphatic heterocycles. The number of ether oxygens (including phenoxy) is 2. The highest BCUT2D eigenvalue weighted by molar-refractivity contribution is 5.86. The zero-order chi connectivity index (χ0) is 25.2. The van der Waals surface area contributed by atoms with Crippen LogP contribution in [0.15, 0.2) is 72.8 Å². The van der Waals surface area contributed by atoms with Gasteiger partial charge in [-0.2, -0.15) is 0 Å². The summed E-state index contributed by atoms with van der Waals surface area (Å²) >= 11 is 0. The molecule has 0 amide bonds. The Morgan fingerprint density at radius 2 is 1.66 bits per heavy atom. The van der Waals surface area contributed by atoms with Gasteiger partial charge in [0.05, 0.1) is 19.8 Å². The summed E-state index contributed by atoms with van der Waals surface area (Å²) in [5.74, 6) is 0.526. The summed E-state index contributed by atoms with van der Waals surface area (Å²) in [6, 6.07) is 23.9. The predicted molar refractivity (Wildman–Crippen MR) is 143 cm³/mol. The van der Waals surface area contributed by atoms with Crippen LogP contribution in [0.25, 0.3) is 6.08 Å². The van der Waals surface area contributed by atoms with Crippen molar-refractivity contribution in [2.75, 3.05) is 25.7 Å². The Labute approximate surface area is 209 Å². The molecule has 4 rings (SSSR count). The SMILES string of the molecule is COC(=O)C=Cc1ccc(C2(C)c3ccc(OC)cc3CCN2c2ccc(C(C)(C)C)cc2)cc1. The van der Waals surface area contributed by atoms with Crippen LogP contribution in [-0.4, -0.2) is 26.7 Å². The number of carbonyl (C=O) groups is 1. The fraction of sp³-hybridized carbons (Fsp3) is 0.323. The molecule has 4 nitrogen and oxygen atoms in total. The number of nitrogens with zero attached hydrogens (tertiary/aromatic N) is 1. The van der Waals surface area contributed by atoms with E-state index in [1.165, 1.54) is 41.1 Å². The molecule has 0 aromatic heterocycles. The van der Waals surface area contributed by atoms with E-state index < -0.39 is 0 Å². The minimum Gasteiger partial charge on any atom is -0.497 e. The number of hydrogen-bond acceptors (Lipinski definition) is 4. The van der Waals surface area contributed by atoms with Crippen molar-refractivity contribution in [1.82, 2.24) is 0 Å². The Balaban J connectivity index is 1.80. The highest BCUT2D eigenvalue weighted by Gasteiger charge is 2.40. The molecule has 0 saturated heterocycles. The van der Waals surface area contributed by atoms with Gasteiger partial charge in [0, 0.05) is 18.3 Å². The number of carbonyl (C=O) groups excluding carboxylic acids is 1. The van der Waals surface area contributed by atoms with Crippen LogP contribution in [0.1, 0.15) is 55.5 Å². The van der Waals surface area contributed by atoms with E-state index in [4.69, 9.17) is 9.47 Å². The molecule has 1 unspecified atom stereocenters. The molecule has 0 aliphatic carbocycles. The van der Waals surface area contributed by atoms with E-state index in [2.05, 4.69) is 99.3 Å². The topological polar surface area (TPSA) is 38.8 Å². The summed E-state index contributed by atoms with van der Waals surface area (Å²) in [5, 5.41) is 0. The van der Waals surface area contributed by atoms with Crippen LogP contribution < -0.4 is 9.64 Å². The maximum Gasteiger partial charge on any atom is 0.330 e. The van der Waals surface area contributed by atoms with Crippen molar-refractivity contribution >= 4 is 17.7 Å². The lowest BCUT2D eigenvalue weighted by Crippen LogP contribution is -2.49. The van der Waals surface area contributed by atoms with Crippen molar-refractivity contribution in [3.8, 4) is 5.75 Å². The normalized spacial score (nSPS) is 17.8. The second-order valence-corrected chi connectivity index (χ2v) is 10.3. The van der Waals surface area contributed by atoms with E-state index in [1.807, 2.05) is 0 Å². The molecule has 3 aromatic carbocycles. The molecule has 0 fully saturated rings. The van der Waals surface area contributed by atoms with Gasteiger partial charge in [-0.1, -0.05) is 63.2 Å². The van der Waals surface area contributed by atoms with Gasteiger partial charge in [0.1, 0.15) is 5.75 Å². The highest BCUT2D eigenvalue weighted by Crippen LogP contribution is 2.44. The van der Waals surface area contributed by atoms with Crippen LogP contribution >= 0.6 is 0 Å². The van der Waals surface area contributed by atoms with Crippen molar-refractivity contribution in [3.63, 3.8) is 0 Å². The molecule has 3 aromatic rings. The molecule has 1 heterocycles. The lowest BCUT2D eigenvalue weighted by molar-refractivity contribution is -0.134. The Kier molecular flexibility index (Phi) is 6.75. The van der Waals surface area contributed by atoms with Crippen LogP contribution in [0.3, 0.4) is 0 Å². The van der Waals surface area contributed by atoms with Crippen LogP contribution in [0, 0.1) is 0 Å². The van der Waals surface area contributed by atoms with Gasteiger partial charge in [0.15, 0.2) is 0 Å². The van der Waals surface area contributed by atoms with Gasteiger partial charge in [-0.05, 0) is 76.9 Å². The van der Waals surface area contributed by atoms with Gasteiger partial charge in [0.25, 0.3) is 0 Å². The largest absolute Gasteiger partial charge is 0.497 e. The second kappa shape index (κ2) is 9.61. The van der Waals surface area contributed by atoms with Crippen molar-refractivity contribution in [2.24, 2.45) is 0 Å². The average molecular weight is 470 g/mol.